The maximum atomic E-state index is 12.2. The number of benzene rings is 2. The second-order valence-electron chi connectivity index (χ2n) is 6.61. The molecule has 3 rings (SSSR count). The van der Waals surface area contributed by atoms with Crippen molar-refractivity contribution in [3.05, 3.63) is 75.1 Å². The lowest BCUT2D eigenvalue weighted by atomic mass is 10.0. The summed E-state index contributed by atoms with van der Waals surface area (Å²) in [5.41, 5.74) is 5.41. The predicted molar refractivity (Wildman–Crippen MR) is 113 cm³/mol. The molecule has 0 bridgehead atoms. The van der Waals surface area contributed by atoms with Gasteiger partial charge in [-0.3, -0.25) is 4.79 Å². The molecule has 0 atom stereocenters. The van der Waals surface area contributed by atoms with E-state index in [1.165, 1.54) is 23.4 Å². The zero-order valence-corrected chi connectivity index (χ0v) is 16.6. The van der Waals surface area contributed by atoms with Gasteiger partial charge in [-0.1, -0.05) is 19.1 Å². The van der Waals surface area contributed by atoms with Crippen LogP contribution in [0.3, 0.4) is 0 Å². The van der Waals surface area contributed by atoms with Crippen LogP contribution in [0, 0.1) is 13.8 Å². The molecule has 0 aliphatic rings. The molecule has 5 heteroatoms. The van der Waals surface area contributed by atoms with Gasteiger partial charge >= 0.3 is 5.63 Å². The van der Waals surface area contributed by atoms with Crippen LogP contribution >= 0.6 is 11.8 Å². The molecule has 0 saturated heterocycles. The number of fused-ring (bicyclic) bond motifs is 1. The average molecular weight is 381 g/mol. The molecule has 1 N–H and O–H groups in total. The van der Waals surface area contributed by atoms with E-state index in [0.29, 0.717) is 17.1 Å². The topological polar surface area (TPSA) is 59.3 Å². The normalized spacial score (nSPS) is 10.9. The van der Waals surface area contributed by atoms with Crippen molar-refractivity contribution in [1.29, 1.82) is 0 Å². The molecular formula is C22H23NO3S. The number of rotatable bonds is 6. The second kappa shape index (κ2) is 8.44. The predicted octanol–water partition coefficient (Wildman–Crippen LogP) is 4.84. The first-order chi connectivity index (χ1) is 13.0. The van der Waals surface area contributed by atoms with Gasteiger partial charge in [-0.2, -0.15) is 0 Å². The Kier molecular flexibility index (Phi) is 6.01. The van der Waals surface area contributed by atoms with Crippen LogP contribution in [0.25, 0.3) is 11.0 Å². The number of carbonyl (C=O) groups is 1. The fourth-order valence-corrected chi connectivity index (χ4v) is 3.70. The van der Waals surface area contributed by atoms with Gasteiger partial charge in [-0.25, -0.2) is 4.79 Å². The maximum absolute atomic E-state index is 12.2. The van der Waals surface area contributed by atoms with Gasteiger partial charge in [-0.05, 0) is 66.8 Å². The molecule has 0 spiro atoms. The van der Waals surface area contributed by atoms with Gasteiger partial charge in [0.25, 0.3) is 0 Å². The standard InChI is InChI=1S/C22H23NO3S/c1-4-16-5-7-18(8-6-16)23-21(24)13-27-12-17-11-22(25)26-20-10-15(3)14(2)9-19(17)20/h5-11H,4,12-13H2,1-3H3,(H,23,24). The molecule has 1 heterocycles. The SMILES string of the molecule is CCc1ccc(NC(=O)CSCc2cc(=O)oc3cc(C)c(C)cc23)cc1. The zero-order valence-electron chi connectivity index (χ0n) is 15.8. The first kappa shape index (κ1) is 19.2. The quantitative estimate of drug-likeness (QED) is 0.621. The molecule has 2 aromatic carbocycles. The van der Waals surface area contributed by atoms with Crippen LogP contribution in [0.5, 0.6) is 0 Å². The van der Waals surface area contributed by atoms with Gasteiger partial charge in [0.05, 0.1) is 5.75 Å². The van der Waals surface area contributed by atoms with Gasteiger partial charge in [-0.15, -0.1) is 11.8 Å². The van der Waals surface area contributed by atoms with Crippen LogP contribution in [0.4, 0.5) is 5.69 Å². The Labute approximate surface area is 163 Å². The maximum Gasteiger partial charge on any atom is 0.336 e. The van der Waals surface area contributed by atoms with Crippen molar-refractivity contribution in [3.8, 4) is 0 Å². The van der Waals surface area contributed by atoms with Crippen molar-refractivity contribution in [2.24, 2.45) is 0 Å². The van der Waals surface area contributed by atoms with Gasteiger partial charge in [0.15, 0.2) is 0 Å². The molecule has 0 fully saturated rings. The second-order valence-corrected chi connectivity index (χ2v) is 7.60. The van der Waals surface area contributed by atoms with Crippen LogP contribution in [0.15, 0.2) is 51.7 Å². The van der Waals surface area contributed by atoms with Crippen LogP contribution < -0.4 is 10.9 Å². The lowest BCUT2D eigenvalue weighted by Gasteiger charge is -2.09. The molecule has 27 heavy (non-hydrogen) atoms. The minimum Gasteiger partial charge on any atom is -0.423 e. The monoisotopic (exact) mass is 381 g/mol. The summed E-state index contributed by atoms with van der Waals surface area (Å²) in [5, 5.41) is 3.84. The van der Waals surface area contributed by atoms with E-state index in [2.05, 4.69) is 12.2 Å². The van der Waals surface area contributed by atoms with Crippen molar-refractivity contribution in [3.63, 3.8) is 0 Å². The van der Waals surface area contributed by atoms with Gasteiger partial charge in [0.2, 0.25) is 5.91 Å². The molecule has 3 aromatic rings. The van der Waals surface area contributed by atoms with Crippen LogP contribution in [0.2, 0.25) is 0 Å². The van der Waals surface area contributed by atoms with E-state index in [4.69, 9.17) is 4.42 Å². The van der Waals surface area contributed by atoms with Gasteiger partial charge in [0.1, 0.15) is 5.58 Å². The molecule has 0 unspecified atom stereocenters. The smallest absolute Gasteiger partial charge is 0.336 e. The first-order valence-corrected chi connectivity index (χ1v) is 10.1. The highest BCUT2D eigenvalue weighted by Crippen LogP contribution is 2.24. The van der Waals surface area contributed by atoms with E-state index < -0.39 is 0 Å². The summed E-state index contributed by atoms with van der Waals surface area (Å²) in [6, 6.07) is 13.3. The third kappa shape index (κ3) is 4.80. The van der Waals surface area contributed by atoms with Crippen molar-refractivity contribution in [2.45, 2.75) is 32.9 Å². The molecule has 4 nitrogen and oxygen atoms in total. The Hall–Kier alpha value is -2.53. The highest BCUT2D eigenvalue weighted by molar-refractivity contribution is 7.99. The Balaban J connectivity index is 1.65. The third-order valence-corrected chi connectivity index (χ3v) is 5.56. The Morgan fingerprint density at radius 2 is 1.78 bits per heavy atom. The number of aryl methyl sites for hydroxylation is 3. The lowest BCUT2D eigenvalue weighted by Crippen LogP contribution is -2.14. The Morgan fingerprint density at radius 1 is 1.07 bits per heavy atom. The van der Waals surface area contributed by atoms with Crippen molar-refractivity contribution < 1.29 is 9.21 Å². The van der Waals surface area contributed by atoms with Gasteiger partial charge in [0, 0.05) is 22.9 Å². The molecule has 0 saturated carbocycles. The summed E-state index contributed by atoms with van der Waals surface area (Å²) in [6.07, 6.45) is 0.974. The molecule has 1 amide bonds. The molecule has 0 radical (unpaired) electrons. The number of anilines is 1. The summed E-state index contributed by atoms with van der Waals surface area (Å²) >= 11 is 1.48. The summed E-state index contributed by atoms with van der Waals surface area (Å²) in [6.45, 7) is 6.13. The largest absolute Gasteiger partial charge is 0.423 e. The van der Waals surface area contributed by atoms with E-state index >= 15 is 0 Å². The Morgan fingerprint density at radius 3 is 2.48 bits per heavy atom. The third-order valence-electron chi connectivity index (χ3n) is 4.58. The zero-order chi connectivity index (χ0) is 19.4. The van der Waals surface area contributed by atoms with E-state index in [1.54, 1.807) is 0 Å². The number of thioether (sulfide) groups is 1. The van der Waals surface area contributed by atoms with Crippen molar-refractivity contribution in [2.75, 3.05) is 11.1 Å². The van der Waals surface area contributed by atoms with Crippen LogP contribution in [-0.2, 0) is 17.0 Å². The average Bonchev–Trinajstić information content (AvgIpc) is 2.64. The Bertz CT molecular complexity index is 1020. The van der Waals surface area contributed by atoms with E-state index in [-0.39, 0.29) is 11.5 Å². The van der Waals surface area contributed by atoms with E-state index in [1.807, 2.05) is 50.2 Å². The summed E-state index contributed by atoms with van der Waals surface area (Å²) in [4.78, 5) is 24.0. The van der Waals surface area contributed by atoms with Crippen molar-refractivity contribution >= 4 is 34.3 Å². The number of nitrogens with one attached hydrogen (secondary N) is 1. The number of hydrogen-bond acceptors (Lipinski definition) is 4. The van der Waals surface area contributed by atoms with E-state index in [0.717, 1.165) is 34.2 Å². The molecule has 140 valence electrons. The summed E-state index contributed by atoms with van der Waals surface area (Å²) in [7, 11) is 0. The molecule has 0 aliphatic heterocycles. The summed E-state index contributed by atoms with van der Waals surface area (Å²) in [5.74, 6) is 0.845. The first-order valence-electron chi connectivity index (χ1n) is 8.97. The minimum absolute atomic E-state index is 0.0523. The van der Waals surface area contributed by atoms with Gasteiger partial charge < -0.3 is 9.73 Å². The lowest BCUT2D eigenvalue weighted by molar-refractivity contribution is -0.113. The fraction of sp³-hybridized carbons (Fsp3) is 0.273. The highest BCUT2D eigenvalue weighted by atomic mass is 32.2. The highest BCUT2D eigenvalue weighted by Gasteiger charge is 2.09. The van der Waals surface area contributed by atoms with Crippen molar-refractivity contribution in [1.82, 2.24) is 0 Å². The summed E-state index contributed by atoms with van der Waals surface area (Å²) < 4.78 is 5.32. The van der Waals surface area contributed by atoms with E-state index in [9.17, 15) is 9.59 Å². The molecule has 0 aliphatic carbocycles. The number of hydrogen-bond donors (Lipinski definition) is 1. The minimum atomic E-state index is -0.359. The van der Waals surface area contributed by atoms with Crippen LogP contribution in [-0.4, -0.2) is 11.7 Å². The molecular weight excluding hydrogens is 358 g/mol. The number of carbonyl (C=O) groups excluding carboxylic acids is 1. The number of amides is 1. The van der Waals surface area contributed by atoms with Crippen LogP contribution in [0.1, 0.15) is 29.2 Å². The molecule has 1 aromatic heterocycles. The fourth-order valence-electron chi connectivity index (χ4n) is 2.88.